The van der Waals surface area contributed by atoms with Crippen LogP contribution in [0.3, 0.4) is 0 Å². The number of piperazine rings is 1. The maximum absolute atomic E-state index is 11.6. The number of anilines is 2. The van der Waals surface area contributed by atoms with Gasteiger partial charge in [-0.05, 0) is 19.1 Å². The summed E-state index contributed by atoms with van der Waals surface area (Å²) in [7, 11) is 0. The third-order valence-corrected chi connectivity index (χ3v) is 3.33. The van der Waals surface area contributed by atoms with Crippen molar-refractivity contribution in [3.8, 4) is 0 Å². The van der Waals surface area contributed by atoms with Crippen molar-refractivity contribution in [3.63, 3.8) is 0 Å². The zero-order chi connectivity index (χ0) is 13.4. The third-order valence-electron chi connectivity index (χ3n) is 2.75. The van der Waals surface area contributed by atoms with Gasteiger partial charge in [0, 0.05) is 5.69 Å². The fourth-order valence-electron chi connectivity index (χ4n) is 1.85. The number of carbonyl (C=O) groups excluding carboxylic acids is 2. The highest BCUT2D eigenvalue weighted by molar-refractivity contribution is 6.39. The molecule has 3 N–H and O–H groups in total. The molecule has 1 heterocycles. The predicted octanol–water partition coefficient (Wildman–Crippen LogP) is 1.43. The summed E-state index contributed by atoms with van der Waals surface area (Å²) in [5, 5.41) is 2.88. The standard InChI is InChI=1S/C11H11Cl2N3O2/c1-5-11(18)15-9(17)4-16(5)10-7(12)2-6(14)3-8(10)13/h2-3,5H,4,14H2,1H3,(H,15,17,18). The predicted molar refractivity (Wildman–Crippen MR) is 70.8 cm³/mol. The van der Waals surface area contributed by atoms with E-state index in [9.17, 15) is 9.59 Å². The molecule has 96 valence electrons. The Bertz CT molecular complexity index is 510. The lowest BCUT2D eigenvalue weighted by Crippen LogP contribution is -2.57. The number of benzene rings is 1. The highest BCUT2D eigenvalue weighted by Gasteiger charge is 2.32. The molecule has 1 aliphatic rings. The van der Waals surface area contributed by atoms with Crippen molar-refractivity contribution in [2.75, 3.05) is 17.2 Å². The van der Waals surface area contributed by atoms with E-state index in [0.717, 1.165) is 0 Å². The summed E-state index contributed by atoms with van der Waals surface area (Å²) in [5.41, 5.74) is 6.49. The Morgan fingerprint density at radius 1 is 1.33 bits per heavy atom. The third kappa shape index (κ3) is 2.23. The summed E-state index contributed by atoms with van der Waals surface area (Å²) in [6.07, 6.45) is 0. The zero-order valence-corrected chi connectivity index (χ0v) is 11.0. The van der Waals surface area contributed by atoms with Crippen LogP contribution in [0.5, 0.6) is 0 Å². The molecule has 0 aromatic heterocycles. The lowest BCUT2D eigenvalue weighted by Gasteiger charge is -2.34. The summed E-state index contributed by atoms with van der Waals surface area (Å²) >= 11 is 12.2. The average Bonchev–Trinajstić information content (AvgIpc) is 2.23. The number of halogens is 2. The number of nitrogens with one attached hydrogen (secondary N) is 1. The van der Waals surface area contributed by atoms with Gasteiger partial charge in [-0.3, -0.25) is 14.9 Å². The van der Waals surface area contributed by atoms with Crippen LogP contribution in [0.15, 0.2) is 12.1 Å². The van der Waals surface area contributed by atoms with Crippen LogP contribution in [0.4, 0.5) is 11.4 Å². The van der Waals surface area contributed by atoms with E-state index in [2.05, 4.69) is 5.32 Å². The Morgan fingerprint density at radius 3 is 2.44 bits per heavy atom. The van der Waals surface area contributed by atoms with Crippen molar-refractivity contribution in [2.45, 2.75) is 13.0 Å². The second-order valence-electron chi connectivity index (χ2n) is 4.05. The number of hydrogen-bond donors (Lipinski definition) is 2. The van der Waals surface area contributed by atoms with E-state index in [1.807, 2.05) is 0 Å². The lowest BCUT2D eigenvalue weighted by molar-refractivity contribution is -0.132. The molecule has 7 heteroatoms. The van der Waals surface area contributed by atoms with Crippen molar-refractivity contribution < 1.29 is 9.59 Å². The smallest absolute Gasteiger partial charge is 0.249 e. The number of carbonyl (C=O) groups is 2. The normalized spacial score (nSPS) is 19.9. The van der Waals surface area contributed by atoms with Gasteiger partial charge < -0.3 is 10.6 Å². The Morgan fingerprint density at radius 2 is 1.89 bits per heavy atom. The van der Waals surface area contributed by atoms with Gasteiger partial charge in [-0.1, -0.05) is 23.2 Å². The van der Waals surface area contributed by atoms with Gasteiger partial charge in [0.05, 0.1) is 22.3 Å². The van der Waals surface area contributed by atoms with E-state index in [0.29, 0.717) is 21.4 Å². The average molecular weight is 288 g/mol. The second kappa shape index (κ2) is 4.66. The number of imide groups is 1. The molecule has 0 radical (unpaired) electrons. The Hall–Kier alpha value is -1.46. The molecule has 0 aliphatic carbocycles. The fourth-order valence-corrected chi connectivity index (χ4v) is 2.57. The largest absolute Gasteiger partial charge is 0.399 e. The number of nitrogens with two attached hydrogens (primary N) is 1. The molecule has 1 fully saturated rings. The number of amides is 2. The SMILES string of the molecule is CC1C(=O)NC(=O)CN1c1c(Cl)cc(N)cc1Cl. The molecule has 2 amide bonds. The van der Waals surface area contributed by atoms with Gasteiger partial charge in [-0.15, -0.1) is 0 Å². The van der Waals surface area contributed by atoms with Crippen molar-refractivity contribution in [2.24, 2.45) is 0 Å². The molecule has 5 nitrogen and oxygen atoms in total. The van der Waals surface area contributed by atoms with E-state index in [-0.39, 0.29) is 18.4 Å². The summed E-state index contributed by atoms with van der Waals surface area (Å²) in [5.74, 6) is -0.766. The minimum Gasteiger partial charge on any atom is -0.399 e. The van der Waals surface area contributed by atoms with Crippen LogP contribution in [-0.4, -0.2) is 24.4 Å². The maximum atomic E-state index is 11.6. The minimum atomic E-state index is -0.527. The monoisotopic (exact) mass is 287 g/mol. The molecule has 2 rings (SSSR count). The van der Waals surface area contributed by atoms with Crippen molar-refractivity contribution in [3.05, 3.63) is 22.2 Å². The molecule has 0 bridgehead atoms. The number of nitrogen functional groups attached to an aromatic ring is 1. The second-order valence-corrected chi connectivity index (χ2v) is 4.86. The van der Waals surface area contributed by atoms with Gasteiger partial charge in [0.15, 0.2) is 0 Å². The summed E-state index contributed by atoms with van der Waals surface area (Å²) < 4.78 is 0. The van der Waals surface area contributed by atoms with E-state index in [1.54, 1.807) is 11.8 Å². The van der Waals surface area contributed by atoms with Crippen LogP contribution < -0.4 is 16.0 Å². The molecule has 0 saturated carbocycles. The van der Waals surface area contributed by atoms with E-state index in [1.165, 1.54) is 12.1 Å². The molecule has 1 saturated heterocycles. The van der Waals surface area contributed by atoms with Crippen LogP contribution in [0.25, 0.3) is 0 Å². The lowest BCUT2D eigenvalue weighted by atomic mass is 10.1. The summed E-state index contributed by atoms with van der Waals surface area (Å²) in [6, 6.07) is 2.54. The topological polar surface area (TPSA) is 75.4 Å². The van der Waals surface area contributed by atoms with Gasteiger partial charge in [0.25, 0.3) is 0 Å². The van der Waals surface area contributed by atoms with Gasteiger partial charge >= 0.3 is 0 Å². The quantitative estimate of drug-likeness (QED) is 0.605. The molecule has 1 aliphatic heterocycles. The van der Waals surface area contributed by atoms with Crippen molar-refractivity contribution in [1.29, 1.82) is 0 Å². The first-order chi connectivity index (χ1) is 8.40. The van der Waals surface area contributed by atoms with E-state index < -0.39 is 6.04 Å². The fraction of sp³-hybridized carbons (Fsp3) is 0.273. The minimum absolute atomic E-state index is 0.0241. The maximum Gasteiger partial charge on any atom is 0.249 e. The summed E-state index contributed by atoms with van der Waals surface area (Å²) in [6.45, 7) is 1.70. The van der Waals surface area contributed by atoms with Crippen molar-refractivity contribution in [1.82, 2.24) is 5.32 Å². The number of rotatable bonds is 1. The molecular formula is C11H11Cl2N3O2. The van der Waals surface area contributed by atoms with Gasteiger partial charge in [0.1, 0.15) is 6.04 Å². The molecular weight excluding hydrogens is 277 g/mol. The van der Waals surface area contributed by atoms with Gasteiger partial charge in [-0.2, -0.15) is 0 Å². The molecule has 1 unspecified atom stereocenters. The van der Waals surface area contributed by atoms with E-state index in [4.69, 9.17) is 28.9 Å². The molecule has 1 aromatic rings. The van der Waals surface area contributed by atoms with Crippen LogP contribution in [0.1, 0.15) is 6.92 Å². The van der Waals surface area contributed by atoms with Gasteiger partial charge in [0.2, 0.25) is 11.8 Å². The highest BCUT2D eigenvalue weighted by Crippen LogP contribution is 2.37. The summed E-state index contributed by atoms with van der Waals surface area (Å²) in [4.78, 5) is 24.6. The first-order valence-electron chi connectivity index (χ1n) is 5.25. The molecule has 1 atom stereocenters. The number of hydrogen-bond acceptors (Lipinski definition) is 4. The molecule has 18 heavy (non-hydrogen) atoms. The van der Waals surface area contributed by atoms with Crippen LogP contribution in [0.2, 0.25) is 10.0 Å². The molecule has 1 aromatic carbocycles. The van der Waals surface area contributed by atoms with Crippen LogP contribution >= 0.6 is 23.2 Å². The van der Waals surface area contributed by atoms with Crippen LogP contribution in [-0.2, 0) is 9.59 Å². The Balaban J connectivity index is 2.47. The Kier molecular flexibility index (Phi) is 3.36. The first kappa shape index (κ1) is 13.0. The highest BCUT2D eigenvalue weighted by atomic mass is 35.5. The van der Waals surface area contributed by atoms with Crippen LogP contribution in [0, 0.1) is 0 Å². The van der Waals surface area contributed by atoms with Gasteiger partial charge in [-0.25, -0.2) is 0 Å². The molecule has 0 spiro atoms. The first-order valence-corrected chi connectivity index (χ1v) is 6.00. The zero-order valence-electron chi connectivity index (χ0n) is 9.54. The number of nitrogens with zero attached hydrogens (tertiary/aromatic N) is 1. The van der Waals surface area contributed by atoms with E-state index >= 15 is 0 Å². The van der Waals surface area contributed by atoms with Crippen molar-refractivity contribution >= 4 is 46.4 Å². The Labute approximate surface area is 114 Å².